The minimum absolute atomic E-state index is 0.230. The highest BCUT2D eigenvalue weighted by atomic mass is 16.2. The lowest BCUT2D eigenvalue weighted by Crippen LogP contribution is -2.49. The van der Waals surface area contributed by atoms with E-state index in [-0.39, 0.29) is 17.6 Å². The van der Waals surface area contributed by atoms with Gasteiger partial charge in [-0.05, 0) is 53.9 Å². The van der Waals surface area contributed by atoms with E-state index in [0.717, 1.165) is 84.9 Å². The summed E-state index contributed by atoms with van der Waals surface area (Å²) < 4.78 is 3.62. The third-order valence-electron chi connectivity index (χ3n) is 10.8. The number of hydrogen-bond donors (Lipinski definition) is 3. The molecule has 0 spiro atoms. The summed E-state index contributed by atoms with van der Waals surface area (Å²) in [7, 11) is 3.85. The number of aryl methyl sites for hydroxylation is 1. The number of piperazine rings is 1. The lowest BCUT2D eigenvalue weighted by atomic mass is 10.0. The fourth-order valence-electron chi connectivity index (χ4n) is 8.06. The van der Waals surface area contributed by atoms with Gasteiger partial charge in [0.2, 0.25) is 5.91 Å². The quantitative estimate of drug-likeness (QED) is 0.195. The Labute approximate surface area is 324 Å². The monoisotopic (exact) mass is 754 g/mol. The number of nitrogens with two attached hydrogens (primary N) is 1. The lowest BCUT2D eigenvalue weighted by Gasteiger charge is -2.36. The summed E-state index contributed by atoms with van der Waals surface area (Å²) in [5, 5.41) is 11.5. The van der Waals surface area contributed by atoms with Crippen molar-refractivity contribution >= 4 is 63.0 Å². The second-order valence-corrected chi connectivity index (χ2v) is 14.0. The van der Waals surface area contributed by atoms with Crippen LogP contribution in [-0.2, 0) is 24.8 Å². The van der Waals surface area contributed by atoms with Crippen LogP contribution in [0.25, 0.3) is 27.8 Å². The molecule has 15 heteroatoms. The van der Waals surface area contributed by atoms with E-state index in [2.05, 4.69) is 77.5 Å². The number of imidazole rings is 1. The topological polar surface area (TPSA) is 162 Å². The van der Waals surface area contributed by atoms with Crippen molar-refractivity contribution in [1.29, 1.82) is 0 Å². The van der Waals surface area contributed by atoms with Crippen molar-refractivity contribution in [2.45, 2.75) is 33.2 Å². The predicted molar refractivity (Wildman–Crippen MR) is 219 cm³/mol. The molecule has 4 aromatic heterocycles. The predicted octanol–water partition coefficient (Wildman–Crippen LogP) is 4.91. The average molecular weight is 755 g/mol. The van der Waals surface area contributed by atoms with Gasteiger partial charge in [-0.25, -0.2) is 14.3 Å². The Morgan fingerprint density at radius 1 is 0.911 bits per heavy atom. The van der Waals surface area contributed by atoms with Crippen LogP contribution in [0.1, 0.15) is 41.9 Å². The molecular formula is C41H46N12O3. The Morgan fingerprint density at radius 2 is 1.71 bits per heavy atom. The zero-order valence-corrected chi connectivity index (χ0v) is 32.1. The molecule has 0 bridgehead atoms. The Balaban J connectivity index is 0.00000217. The molecule has 9 rings (SSSR count). The smallest absolute Gasteiger partial charge is 0.328 e. The molecule has 0 unspecified atom stereocenters. The van der Waals surface area contributed by atoms with E-state index in [0.29, 0.717) is 24.4 Å². The van der Waals surface area contributed by atoms with Gasteiger partial charge in [0.05, 0.1) is 28.8 Å². The Morgan fingerprint density at radius 3 is 2.48 bits per heavy atom. The van der Waals surface area contributed by atoms with Crippen molar-refractivity contribution in [2.24, 2.45) is 12.8 Å². The normalized spacial score (nSPS) is 15.9. The van der Waals surface area contributed by atoms with Crippen molar-refractivity contribution in [3.8, 4) is 11.3 Å². The summed E-state index contributed by atoms with van der Waals surface area (Å²) in [4.78, 5) is 54.1. The van der Waals surface area contributed by atoms with Gasteiger partial charge in [-0.2, -0.15) is 0 Å². The molecule has 3 aliphatic rings. The van der Waals surface area contributed by atoms with E-state index in [1.807, 2.05) is 52.3 Å². The SMILES string of the molecule is CC.CNc1cc(N2CCc3c(-c4cc(CN5CCN(c6cn(C)c7cc(N8CCC(=O)NC8=O)ccc67)CC5)ccn4)cccc32)nn2c(C(N)=O)cnc12. The molecule has 7 heterocycles. The van der Waals surface area contributed by atoms with Crippen molar-refractivity contribution in [3.63, 3.8) is 0 Å². The van der Waals surface area contributed by atoms with Gasteiger partial charge in [-0.1, -0.05) is 26.0 Å². The number of nitrogens with one attached hydrogen (secondary N) is 2. The molecule has 0 atom stereocenters. The van der Waals surface area contributed by atoms with E-state index >= 15 is 0 Å². The van der Waals surface area contributed by atoms with Crippen LogP contribution in [0.5, 0.6) is 0 Å². The zero-order chi connectivity index (χ0) is 39.1. The molecular weight excluding hydrogens is 709 g/mol. The van der Waals surface area contributed by atoms with Gasteiger partial charge in [-0.15, -0.1) is 5.10 Å². The van der Waals surface area contributed by atoms with Crippen LogP contribution >= 0.6 is 0 Å². The fourth-order valence-corrected chi connectivity index (χ4v) is 8.06. The van der Waals surface area contributed by atoms with Crippen molar-refractivity contribution in [1.82, 2.24) is 34.4 Å². The van der Waals surface area contributed by atoms with Gasteiger partial charge in [0, 0.05) is 107 Å². The molecule has 2 saturated heterocycles. The molecule has 288 valence electrons. The van der Waals surface area contributed by atoms with Crippen molar-refractivity contribution in [2.75, 3.05) is 66.3 Å². The highest BCUT2D eigenvalue weighted by molar-refractivity contribution is 6.07. The van der Waals surface area contributed by atoms with Crippen LogP contribution in [0.4, 0.5) is 33.4 Å². The number of aromatic nitrogens is 5. The lowest BCUT2D eigenvalue weighted by molar-refractivity contribution is -0.120. The minimum atomic E-state index is -0.585. The number of hydrogen-bond acceptors (Lipinski definition) is 10. The number of fused-ring (bicyclic) bond motifs is 3. The molecule has 0 radical (unpaired) electrons. The summed E-state index contributed by atoms with van der Waals surface area (Å²) in [6, 6.07) is 18.3. The molecule has 0 aliphatic carbocycles. The number of imide groups is 1. The number of rotatable bonds is 8. The second kappa shape index (κ2) is 15.0. The van der Waals surface area contributed by atoms with Crippen LogP contribution < -0.4 is 31.1 Å². The zero-order valence-electron chi connectivity index (χ0n) is 32.1. The molecule has 2 aromatic carbocycles. The van der Waals surface area contributed by atoms with Crippen LogP contribution in [0.15, 0.2) is 73.2 Å². The maximum Gasteiger partial charge on any atom is 0.328 e. The van der Waals surface area contributed by atoms with Gasteiger partial charge in [0.15, 0.2) is 11.5 Å². The van der Waals surface area contributed by atoms with Crippen molar-refractivity contribution < 1.29 is 14.4 Å². The second-order valence-electron chi connectivity index (χ2n) is 14.0. The number of amides is 4. The summed E-state index contributed by atoms with van der Waals surface area (Å²) >= 11 is 0. The van der Waals surface area contributed by atoms with Crippen LogP contribution in [0.3, 0.4) is 0 Å². The van der Waals surface area contributed by atoms with Crippen molar-refractivity contribution in [3.05, 3.63) is 90.0 Å². The third kappa shape index (κ3) is 6.53. The maximum atomic E-state index is 12.5. The van der Waals surface area contributed by atoms with Gasteiger partial charge < -0.3 is 25.4 Å². The fraction of sp³-hybridized carbons (Fsp3) is 0.317. The number of primary amides is 1. The number of pyridine rings is 1. The van der Waals surface area contributed by atoms with Crippen LogP contribution in [0.2, 0.25) is 0 Å². The van der Waals surface area contributed by atoms with Gasteiger partial charge in [0.25, 0.3) is 5.91 Å². The van der Waals surface area contributed by atoms with Gasteiger partial charge in [0.1, 0.15) is 5.69 Å². The first-order valence-corrected chi connectivity index (χ1v) is 19.1. The maximum absolute atomic E-state index is 12.5. The van der Waals surface area contributed by atoms with Crippen LogP contribution in [-0.4, -0.2) is 93.2 Å². The summed E-state index contributed by atoms with van der Waals surface area (Å²) in [5.41, 5.74) is 15.7. The van der Waals surface area contributed by atoms with E-state index in [4.69, 9.17) is 15.8 Å². The molecule has 4 N–H and O–H groups in total. The first-order valence-electron chi connectivity index (χ1n) is 19.1. The van der Waals surface area contributed by atoms with E-state index in [9.17, 15) is 14.4 Å². The van der Waals surface area contributed by atoms with E-state index in [1.54, 1.807) is 4.90 Å². The summed E-state index contributed by atoms with van der Waals surface area (Å²) in [5.74, 6) is -0.124. The first-order chi connectivity index (χ1) is 27.2. The molecule has 2 fully saturated rings. The Bertz CT molecular complexity index is 2480. The Kier molecular flexibility index (Phi) is 9.76. The van der Waals surface area contributed by atoms with Gasteiger partial charge >= 0.3 is 6.03 Å². The average Bonchev–Trinajstić information content (AvgIpc) is 3.94. The number of carbonyl (C=O) groups excluding carboxylic acids is 3. The third-order valence-corrected chi connectivity index (χ3v) is 10.8. The number of urea groups is 1. The summed E-state index contributed by atoms with van der Waals surface area (Å²) in [6.45, 7) is 9.57. The van der Waals surface area contributed by atoms with Crippen LogP contribution in [0, 0.1) is 0 Å². The Hall–Kier alpha value is -6.48. The first kappa shape index (κ1) is 36.5. The molecule has 3 aliphatic heterocycles. The number of carbonyl (C=O) groups is 3. The largest absolute Gasteiger partial charge is 0.385 e. The highest BCUT2D eigenvalue weighted by Gasteiger charge is 2.28. The van der Waals surface area contributed by atoms with E-state index < -0.39 is 5.91 Å². The molecule has 4 amide bonds. The van der Waals surface area contributed by atoms with Gasteiger partial charge in [-0.3, -0.25) is 29.7 Å². The number of nitrogens with zero attached hydrogens (tertiary/aromatic N) is 9. The minimum Gasteiger partial charge on any atom is -0.385 e. The highest BCUT2D eigenvalue weighted by Crippen LogP contribution is 2.40. The standard InChI is InChI=1S/C39H40N12O3.C2H6/c1-41-30-20-35(45-51-33(37(40)53)21-43-38(30)51)50-12-9-27-26(4-3-5-31(27)50)29-18-24(8-11-42-29)22-47-14-16-48(17-15-47)34-23-46(2)32-19-25(6-7-28(32)34)49-13-10-36(52)44-39(49)54;1-2/h3-8,11,18-21,23,41H,9-10,12-17,22H2,1-2H3,(H2,40,53)(H,44,52,54);1-2H3. The number of benzene rings is 2. The molecule has 6 aromatic rings. The molecule has 0 saturated carbocycles. The summed E-state index contributed by atoms with van der Waals surface area (Å²) in [6.07, 6.45) is 6.65. The number of anilines is 5. The molecule has 56 heavy (non-hydrogen) atoms. The molecule has 15 nitrogen and oxygen atoms in total. The van der Waals surface area contributed by atoms with E-state index in [1.165, 1.54) is 27.5 Å².